The lowest BCUT2D eigenvalue weighted by molar-refractivity contribution is -0.134. The highest BCUT2D eigenvalue weighted by Crippen LogP contribution is 2.26. The Morgan fingerprint density at radius 3 is 2.75 bits per heavy atom. The zero-order chi connectivity index (χ0) is 20.1. The number of ether oxygens (including phenoxy) is 1. The molecule has 1 saturated heterocycles. The SMILES string of the molecule is CCN(CC)C(=O)CN1CCOC(c2cc(C(=O)NC)c3ccccc3n2)C1. The Balaban J connectivity index is 1.83. The van der Waals surface area contributed by atoms with Crippen LogP contribution in [0.25, 0.3) is 10.9 Å². The Morgan fingerprint density at radius 2 is 2.04 bits per heavy atom. The minimum Gasteiger partial charge on any atom is -0.369 e. The summed E-state index contributed by atoms with van der Waals surface area (Å²) in [6, 6.07) is 9.40. The van der Waals surface area contributed by atoms with Gasteiger partial charge in [0, 0.05) is 38.6 Å². The molecule has 1 fully saturated rings. The van der Waals surface area contributed by atoms with E-state index in [0.717, 1.165) is 16.6 Å². The Labute approximate surface area is 165 Å². The Morgan fingerprint density at radius 1 is 1.29 bits per heavy atom. The number of fused-ring (bicyclic) bond motifs is 1. The molecule has 2 heterocycles. The minimum atomic E-state index is -0.272. The number of carbonyl (C=O) groups is 2. The van der Waals surface area contributed by atoms with Crippen LogP contribution in [-0.4, -0.2) is 73.0 Å². The van der Waals surface area contributed by atoms with E-state index in [4.69, 9.17) is 9.72 Å². The highest BCUT2D eigenvalue weighted by molar-refractivity contribution is 6.06. The highest BCUT2D eigenvalue weighted by Gasteiger charge is 2.27. The molecule has 7 nitrogen and oxygen atoms in total. The molecule has 1 aliphatic heterocycles. The van der Waals surface area contributed by atoms with E-state index in [1.807, 2.05) is 49.1 Å². The van der Waals surface area contributed by atoms with Crippen LogP contribution in [0.4, 0.5) is 0 Å². The van der Waals surface area contributed by atoms with Crippen LogP contribution in [0.3, 0.4) is 0 Å². The van der Waals surface area contributed by atoms with Gasteiger partial charge in [-0.15, -0.1) is 0 Å². The zero-order valence-corrected chi connectivity index (χ0v) is 16.8. The quantitative estimate of drug-likeness (QED) is 0.823. The van der Waals surface area contributed by atoms with E-state index in [2.05, 4.69) is 10.2 Å². The summed E-state index contributed by atoms with van der Waals surface area (Å²) in [5, 5.41) is 3.51. The van der Waals surface area contributed by atoms with E-state index in [-0.39, 0.29) is 17.9 Å². The van der Waals surface area contributed by atoms with Gasteiger partial charge < -0.3 is 15.0 Å². The fourth-order valence-corrected chi connectivity index (χ4v) is 3.58. The van der Waals surface area contributed by atoms with Gasteiger partial charge in [0.2, 0.25) is 5.91 Å². The molecule has 0 saturated carbocycles. The van der Waals surface area contributed by atoms with Crippen molar-refractivity contribution in [2.45, 2.75) is 20.0 Å². The maximum Gasteiger partial charge on any atom is 0.251 e. The van der Waals surface area contributed by atoms with Crippen LogP contribution in [0, 0.1) is 0 Å². The van der Waals surface area contributed by atoms with Crippen molar-refractivity contribution in [1.82, 2.24) is 20.1 Å². The minimum absolute atomic E-state index is 0.128. The van der Waals surface area contributed by atoms with Gasteiger partial charge in [-0.05, 0) is 26.0 Å². The molecule has 2 aromatic rings. The van der Waals surface area contributed by atoms with Crippen LogP contribution in [0.2, 0.25) is 0 Å². The first-order valence-corrected chi connectivity index (χ1v) is 9.80. The number of carbonyl (C=O) groups excluding carboxylic acids is 2. The maximum atomic E-state index is 12.4. The van der Waals surface area contributed by atoms with E-state index < -0.39 is 0 Å². The van der Waals surface area contributed by atoms with Gasteiger partial charge in [-0.25, -0.2) is 4.98 Å². The van der Waals surface area contributed by atoms with Crippen molar-refractivity contribution in [2.24, 2.45) is 0 Å². The zero-order valence-electron chi connectivity index (χ0n) is 16.8. The van der Waals surface area contributed by atoms with Crippen LogP contribution in [0.5, 0.6) is 0 Å². The molecule has 3 rings (SSSR count). The molecule has 1 aliphatic rings. The second-order valence-electron chi connectivity index (χ2n) is 6.85. The molecule has 1 atom stereocenters. The van der Waals surface area contributed by atoms with E-state index in [0.29, 0.717) is 44.9 Å². The molecule has 1 aromatic heterocycles. The first-order chi connectivity index (χ1) is 13.6. The number of para-hydroxylation sites is 1. The predicted molar refractivity (Wildman–Crippen MR) is 108 cm³/mol. The lowest BCUT2D eigenvalue weighted by atomic mass is 10.0. The van der Waals surface area contributed by atoms with Crippen LogP contribution in [0.1, 0.15) is 36.0 Å². The third-order valence-corrected chi connectivity index (χ3v) is 5.16. The van der Waals surface area contributed by atoms with Gasteiger partial charge in [0.1, 0.15) is 6.10 Å². The highest BCUT2D eigenvalue weighted by atomic mass is 16.5. The van der Waals surface area contributed by atoms with E-state index in [1.165, 1.54) is 0 Å². The fourth-order valence-electron chi connectivity index (χ4n) is 3.58. The van der Waals surface area contributed by atoms with Gasteiger partial charge in [-0.3, -0.25) is 14.5 Å². The monoisotopic (exact) mass is 384 g/mol. The Bertz CT molecular complexity index is 851. The number of amides is 2. The number of likely N-dealkylation sites (N-methyl/N-ethyl adjacent to an activating group) is 1. The average Bonchev–Trinajstić information content (AvgIpc) is 2.73. The molecule has 150 valence electrons. The number of rotatable bonds is 6. The molecule has 1 N–H and O–H groups in total. The average molecular weight is 384 g/mol. The van der Waals surface area contributed by atoms with Crippen molar-refractivity contribution >= 4 is 22.7 Å². The fraction of sp³-hybridized carbons (Fsp3) is 0.476. The normalized spacial score (nSPS) is 17.5. The summed E-state index contributed by atoms with van der Waals surface area (Å²) in [6.45, 7) is 7.59. The number of morpholine rings is 1. The molecular weight excluding hydrogens is 356 g/mol. The van der Waals surface area contributed by atoms with E-state index in [1.54, 1.807) is 7.05 Å². The lowest BCUT2D eigenvalue weighted by Gasteiger charge is -2.33. The Hall–Kier alpha value is -2.51. The van der Waals surface area contributed by atoms with Crippen molar-refractivity contribution in [2.75, 3.05) is 46.4 Å². The van der Waals surface area contributed by atoms with E-state index >= 15 is 0 Å². The molecule has 0 spiro atoms. The van der Waals surface area contributed by atoms with Crippen LogP contribution in [-0.2, 0) is 9.53 Å². The van der Waals surface area contributed by atoms with Crippen molar-refractivity contribution in [3.05, 3.63) is 41.6 Å². The number of nitrogens with one attached hydrogen (secondary N) is 1. The number of aromatic nitrogens is 1. The van der Waals surface area contributed by atoms with Crippen molar-refractivity contribution in [3.8, 4) is 0 Å². The Kier molecular flexibility index (Phi) is 6.59. The van der Waals surface area contributed by atoms with Gasteiger partial charge in [0.05, 0.1) is 29.9 Å². The topological polar surface area (TPSA) is 74.8 Å². The largest absolute Gasteiger partial charge is 0.369 e. The third kappa shape index (κ3) is 4.31. The smallest absolute Gasteiger partial charge is 0.251 e. The number of pyridine rings is 1. The number of hydrogen-bond acceptors (Lipinski definition) is 5. The molecule has 2 amide bonds. The van der Waals surface area contributed by atoms with Gasteiger partial charge in [-0.1, -0.05) is 18.2 Å². The lowest BCUT2D eigenvalue weighted by Crippen LogP contribution is -2.45. The number of benzene rings is 1. The second-order valence-corrected chi connectivity index (χ2v) is 6.85. The molecule has 0 aliphatic carbocycles. The molecular formula is C21H28N4O3. The second kappa shape index (κ2) is 9.12. The summed E-state index contributed by atoms with van der Waals surface area (Å²) in [7, 11) is 1.62. The van der Waals surface area contributed by atoms with Crippen molar-refractivity contribution in [1.29, 1.82) is 0 Å². The summed E-state index contributed by atoms with van der Waals surface area (Å²) in [6.07, 6.45) is -0.272. The summed E-state index contributed by atoms with van der Waals surface area (Å²) in [5.41, 5.74) is 2.07. The molecule has 0 bridgehead atoms. The predicted octanol–water partition coefficient (Wildman–Crippen LogP) is 1.84. The van der Waals surface area contributed by atoms with Crippen LogP contribution >= 0.6 is 0 Å². The summed E-state index contributed by atoms with van der Waals surface area (Å²) in [4.78, 5) is 33.5. The molecule has 1 unspecified atom stereocenters. The van der Waals surface area contributed by atoms with Gasteiger partial charge in [0.15, 0.2) is 0 Å². The van der Waals surface area contributed by atoms with Gasteiger partial charge >= 0.3 is 0 Å². The summed E-state index contributed by atoms with van der Waals surface area (Å²) in [5.74, 6) is -0.0209. The number of nitrogens with zero attached hydrogens (tertiary/aromatic N) is 3. The standard InChI is InChI=1S/C21H28N4O3/c1-4-25(5-2)20(26)14-24-10-11-28-19(13-24)18-12-16(21(27)22-3)15-8-6-7-9-17(15)23-18/h6-9,12,19H,4-5,10-11,13-14H2,1-3H3,(H,22,27). The summed E-state index contributed by atoms with van der Waals surface area (Å²) < 4.78 is 5.95. The first kappa shape index (κ1) is 20.2. The molecule has 7 heteroatoms. The number of hydrogen-bond donors (Lipinski definition) is 1. The maximum absolute atomic E-state index is 12.4. The van der Waals surface area contributed by atoms with Crippen molar-refractivity contribution < 1.29 is 14.3 Å². The molecule has 28 heavy (non-hydrogen) atoms. The van der Waals surface area contributed by atoms with Gasteiger partial charge in [-0.2, -0.15) is 0 Å². The van der Waals surface area contributed by atoms with E-state index in [9.17, 15) is 9.59 Å². The van der Waals surface area contributed by atoms with Crippen LogP contribution in [0.15, 0.2) is 30.3 Å². The first-order valence-electron chi connectivity index (χ1n) is 9.80. The van der Waals surface area contributed by atoms with Gasteiger partial charge in [0.25, 0.3) is 5.91 Å². The third-order valence-electron chi connectivity index (χ3n) is 5.16. The molecule has 1 aromatic carbocycles. The van der Waals surface area contributed by atoms with Crippen LogP contribution < -0.4 is 5.32 Å². The van der Waals surface area contributed by atoms with Crippen molar-refractivity contribution in [3.63, 3.8) is 0 Å². The summed E-state index contributed by atoms with van der Waals surface area (Å²) >= 11 is 0. The molecule has 0 radical (unpaired) electrons.